The molecule has 0 atom stereocenters. The van der Waals surface area contributed by atoms with Gasteiger partial charge in [-0.05, 0) is 41.0 Å². The summed E-state index contributed by atoms with van der Waals surface area (Å²) in [5, 5.41) is 14.9. The van der Waals surface area contributed by atoms with Gasteiger partial charge in [0.15, 0.2) is 5.82 Å². The Bertz CT molecular complexity index is 683. The molecule has 1 aliphatic carbocycles. The smallest absolute Gasteiger partial charge is 0.230 e. The van der Waals surface area contributed by atoms with Crippen molar-refractivity contribution >= 4 is 17.7 Å². The molecule has 1 heterocycles. The minimum Gasteiger partial charge on any atom is -0.497 e. The van der Waals surface area contributed by atoms with E-state index >= 15 is 0 Å². The summed E-state index contributed by atoms with van der Waals surface area (Å²) in [6.45, 7) is 0.517. The maximum atomic E-state index is 12.0. The van der Waals surface area contributed by atoms with E-state index in [-0.39, 0.29) is 5.91 Å². The highest BCUT2D eigenvalue weighted by Gasteiger charge is 2.21. The van der Waals surface area contributed by atoms with Gasteiger partial charge in [0.05, 0.1) is 24.7 Å². The van der Waals surface area contributed by atoms with E-state index in [1.165, 1.54) is 24.6 Å². The summed E-state index contributed by atoms with van der Waals surface area (Å²) < 4.78 is 7.06. The van der Waals surface area contributed by atoms with E-state index < -0.39 is 0 Å². The number of nitrogens with one attached hydrogen (secondary N) is 1. The summed E-state index contributed by atoms with van der Waals surface area (Å²) in [6.07, 6.45) is 4.77. The molecule has 8 heteroatoms. The van der Waals surface area contributed by atoms with E-state index in [1.54, 1.807) is 7.11 Å². The minimum atomic E-state index is 0.0145. The number of methoxy groups -OCH3 is 1. The van der Waals surface area contributed by atoms with Crippen LogP contribution in [0, 0.1) is 0 Å². The number of hydrogen-bond acceptors (Lipinski definition) is 6. The van der Waals surface area contributed by atoms with E-state index in [2.05, 4.69) is 20.8 Å². The second-order valence-corrected chi connectivity index (χ2v) is 7.08. The van der Waals surface area contributed by atoms with Crippen molar-refractivity contribution in [2.24, 2.45) is 0 Å². The molecule has 3 rings (SSSR count). The van der Waals surface area contributed by atoms with Crippen LogP contribution in [-0.2, 0) is 17.1 Å². The molecule has 2 aromatic rings. The van der Waals surface area contributed by atoms with Gasteiger partial charge in [0.2, 0.25) is 5.91 Å². The van der Waals surface area contributed by atoms with Crippen molar-refractivity contribution in [1.29, 1.82) is 0 Å². The quantitative estimate of drug-likeness (QED) is 0.777. The first kappa shape index (κ1) is 17.7. The maximum absolute atomic E-state index is 12.0. The van der Waals surface area contributed by atoms with Gasteiger partial charge in [0, 0.05) is 6.54 Å². The first-order chi connectivity index (χ1) is 12.3. The number of tetrazole rings is 1. The summed E-state index contributed by atoms with van der Waals surface area (Å²) >= 11 is 1.54. The topological polar surface area (TPSA) is 81.9 Å². The van der Waals surface area contributed by atoms with Gasteiger partial charge in [-0.2, -0.15) is 0 Å². The second-order valence-electron chi connectivity index (χ2n) is 6.10. The Morgan fingerprint density at radius 2 is 2.08 bits per heavy atom. The standard InChI is InChI=1S/C17H23N5O2S/c1-24-15-8-6-13(7-9-15)10-18-17(23)12-25-11-16-19-20-21-22(16)14-4-2-3-5-14/h6-9,14H,2-5,10-12H2,1H3,(H,18,23). The molecule has 0 bridgehead atoms. The summed E-state index contributed by atoms with van der Waals surface area (Å²) in [4.78, 5) is 12.0. The largest absolute Gasteiger partial charge is 0.497 e. The van der Waals surface area contributed by atoms with Crippen molar-refractivity contribution in [1.82, 2.24) is 25.5 Å². The number of amides is 1. The van der Waals surface area contributed by atoms with Gasteiger partial charge in [-0.1, -0.05) is 25.0 Å². The molecule has 1 aromatic carbocycles. The molecular weight excluding hydrogens is 338 g/mol. The molecule has 1 aliphatic rings. The fraction of sp³-hybridized carbons (Fsp3) is 0.529. The van der Waals surface area contributed by atoms with Crippen molar-refractivity contribution in [2.45, 2.75) is 44.0 Å². The summed E-state index contributed by atoms with van der Waals surface area (Å²) in [7, 11) is 1.64. The number of hydrogen-bond donors (Lipinski definition) is 1. The number of aromatic nitrogens is 4. The average Bonchev–Trinajstić information content (AvgIpc) is 3.31. The van der Waals surface area contributed by atoms with Crippen molar-refractivity contribution < 1.29 is 9.53 Å². The lowest BCUT2D eigenvalue weighted by Gasteiger charge is -2.11. The number of ether oxygens (including phenoxy) is 1. The predicted octanol–water partition coefficient (Wildman–Crippen LogP) is 2.35. The molecule has 0 saturated heterocycles. The number of thioether (sulfide) groups is 1. The van der Waals surface area contributed by atoms with Crippen LogP contribution < -0.4 is 10.1 Å². The SMILES string of the molecule is COc1ccc(CNC(=O)CSCc2nnnn2C2CCCC2)cc1. The molecule has 1 aromatic heterocycles. The zero-order valence-corrected chi connectivity index (χ0v) is 15.2. The Balaban J connectivity index is 1.40. The molecule has 25 heavy (non-hydrogen) atoms. The van der Waals surface area contributed by atoms with Gasteiger partial charge in [0.1, 0.15) is 5.75 Å². The van der Waals surface area contributed by atoms with Crippen molar-refractivity contribution in [2.75, 3.05) is 12.9 Å². The van der Waals surface area contributed by atoms with E-state index in [0.717, 1.165) is 30.0 Å². The first-order valence-electron chi connectivity index (χ1n) is 8.50. The number of carbonyl (C=O) groups excluding carboxylic acids is 1. The molecular formula is C17H23N5O2S. The highest BCUT2D eigenvalue weighted by Crippen LogP contribution is 2.29. The number of rotatable bonds is 8. The summed E-state index contributed by atoms with van der Waals surface area (Å²) in [5.74, 6) is 2.74. The maximum Gasteiger partial charge on any atom is 0.230 e. The number of nitrogens with zero attached hydrogens (tertiary/aromatic N) is 4. The normalized spacial score (nSPS) is 14.6. The van der Waals surface area contributed by atoms with Gasteiger partial charge >= 0.3 is 0 Å². The molecule has 134 valence electrons. The summed E-state index contributed by atoms with van der Waals surface area (Å²) in [6, 6.07) is 8.09. The fourth-order valence-corrected chi connectivity index (χ4v) is 3.73. The average molecular weight is 361 g/mol. The van der Waals surface area contributed by atoms with Crippen molar-refractivity contribution in [3.05, 3.63) is 35.7 Å². The van der Waals surface area contributed by atoms with Crippen LogP contribution in [0.4, 0.5) is 0 Å². The Labute approximate surface area is 151 Å². The van der Waals surface area contributed by atoms with Crippen LogP contribution in [0.2, 0.25) is 0 Å². The van der Waals surface area contributed by atoms with Crippen LogP contribution in [0.25, 0.3) is 0 Å². The van der Waals surface area contributed by atoms with Crippen LogP contribution in [0.5, 0.6) is 5.75 Å². The van der Waals surface area contributed by atoms with E-state index in [1.807, 2.05) is 28.9 Å². The minimum absolute atomic E-state index is 0.0145. The molecule has 0 radical (unpaired) electrons. The monoisotopic (exact) mass is 361 g/mol. The van der Waals surface area contributed by atoms with Crippen molar-refractivity contribution in [3.63, 3.8) is 0 Å². The van der Waals surface area contributed by atoms with Crippen LogP contribution in [-0.4, -0.2) is 39.0 Å². The Kier molecular flexibility index (Phi) is 6.27. The van der Waals surface area contributed by atoms with E-state index in [9.17, 15) is 4.79 Å². The molecule has 0 spiro atoms. The third-order valence-electron chi connectivity index (χ3n) is 4.34. The highest BCUT2D eigenvalue weighted by atomic mass is 32.2. The lowest BCUT2D eigenvalue weighted by molar-refractivity contribution is -0.118. The molecule has 1 amide bonds. The fourth-order valence-electron chi connectivity index (χ4n) is 2.97. The van der Waals surface area contributed by atoms with Gasteiger partial charge in [-0.25, -0.2) is 4.68 Å². The molecule has 1 N–H and O–H groups in total. The Hall–Kier alpha value is -2.09. The zero-order valence-electron chi connectivity index (χ0n) is 14.4. The Morgan fingerprint density at radius 3 is 2.80 bits per heavy atom. The lowest BCUT2D eigenvalue weighted by Crippen LogP contribution is -2.24. The molecule has 1 saturated carbocycles. The predicted molar refractivity (Wildman–Crippen MR) is 96.3 cm³/mol. The van der Waals surface area contributed by atoms with Crippen LogP contribution in [0.15, 0.2) is 24.3 Å². The summed E-state index contributed by atoms with van der Waals surface area (Å²) in [5.41, 5.74) is 1.05. The van der Waals surface area contributed by atoms with E-state index in [0.29, 0.717) is 24.1 Å². The van der Waals surface area contributed by atoms with Crippen LogP contribution in [0.1, 0.15) is 43.1 Å². The van der Waals surface area contributed by atoms with E-state index in [4.69, 9.17) is 4.74 Å². The van der Waals surface area contributed by atoms with Crippen LogP contribution in [0.3, 0.4) is 0 Å². The molecule has 7 nitrogen and oxygen atoms in total. The number of benzene rings is 1. The van der Waals surface area contributed by atoms with Gasteiger partial charge < -0.3 is 10.1 Å². The molecule has 0 unspecified atom stereocenters. The van der Waals surface area contributed by atoms with Gasteiger partial charge in [-0.3, -0.25) is 4.79 Å². The molecule has 0 aliphatic heterocycles. The number of carbonyl (C=O) groups is 1. The van der Waals surface area contributed by atoms with Crippen molar-refractivity contribution in [3.8, 4) is 5.75 Å². The van der Waals surface area contributed by atoms with Gasteiger partial charge in [0.25, 0.3) is 0 Å². The lowest BCUT2D eigenvalue weighted by atomic mass is 10.2. The highest BCUT2D eigenvalue weighted by molar-refractivity contribution is 7.99. The third-order valence-corrected chi connectivity index (χ3v) is 5.27. The Morgan fingerprint density at radius 1 is 1.32 bits per heavy atom. The van der Waals surface area contributed by atoms with Gasteiger partial charge in [-0.15, -0.1) is 16.9 Å². The molecule has 1 fully saturated rings. The third kappa shape index (κ3) is 4.94. The first-order valence-corrected chi connectivity index (χ1v) is 9.66. The zero-order chi connectivity index (χ0) is 17.5. The van der Waals surface area contributed by atoms with Crippen LogP contribution >= 0.6 is 11.8 Å². The second kappa shape index (κ2) is 8.84.